The summed E-state index contributed by atoms with van der Waals surface area (Å²) in [6.45, 7) is 2.20. The highest BCUT2D eigenvalue weighted by Crippen LogP contribution is 2.38. The third kappa shape index (κ3) is 3.07. The van der Waals surface area contributed by atoms with Gasteiger partial charge >= 0.3 is 0 Å². The van der Waals surface area contributed by atoms with E-state index < -0.39 is 0 Å². The molecule has 1 atom stereocenters. The first-order valence-corrected chi connectivity index (χ1v) is 8.30. The molecule has 19 heavy (non-hydrogen) atoms. The summed E-state index contributed by atoms with van der Waals surface area (Å²) >= 11 is 5.21. The summed E-state index contributed by atoms with van der Waals surface area (Å²) in [7, 11) is 0. The van der Waals surface area contributed by atoms with Crippen molar-refractivity contribution in [2.45, 2.75) is 37.8 Å². The number of rotatable bonds is 4. The first kappa shape index (κ1) is 13.3. The second kappa shape index (κ2) is 5.73. The van der Waals surface area contributed by atoms with Crippen LogP contribution in [0.2, 0.25) is 0 Å². The molecule has 0 saturated heterocycles. The Bertz CT molecular complexity index is 518. The molecule has 4 heteroatoms. The minimum atomic E-state index is 0.371. The molecular weight excluding hydrogens is 320 g/mol. The number of hydrogen-bond donors (Lipinski definition) is 1. The van der Waals surface area contributed by atoms with Gasteiger partial charge in [-0.2, -0.15) is 0 Å². The normalized spacial score (nSPS) is 23.9. The highest BCUT2D eigenvalue weighted by atomic mass is 79.9. The zero-order valence-electron chi connectivity index (χ0n) is 10.8. The van der Waals surface area contributed by atoms with Crippen LogP contribution < -0.4 is 5.32 Å². The smallest absolute Gasteiger partial charge is 0.109 e. The fourth-order valence-corrected chi connectivity index (χ4v) is 3.55. The lowest BCUT2D eigenvalue weighted by Crippen LogP contribution is -2.41. The molecule has 1 unspecified atom stereocenters. The van der Waals surface area contributed by atoms with Crippen LogP contribution in [0, 0.1) is 0 Å². The molecular formula is C15H17BrN2S. The topological polar surface area (TPSA) is 24.9 Å². The van der Waals surface area contributed by atoms with Gasteiger partial charge in [-0.1, -0.05) is 28.1 Å². The minimum absolute atomic E-state index is 0.371. The third-order valence-electron chi connectivity index (χ3n) is 3.79. The van der Waals surface area contributed by atoms with Gasteiger partial charge in [0.25, 0.3) is 0 Å². The van der Waals surface area contributed by atoms with Gasteiger partial charge < -0.3 is 5.32 Å². The molecule has 1 saturated carbocycles. The maximum atomic E-state index is 4.37. The molecule has 1 aliphatic rings. The summed E-state index contributed by atoms with van der Waals surface area (Å²) in [6.07, 6.45) is 4.35. The van der Waals surface area contributed by atoms with E-state index >= 15 is 0 Å². The van der Waals surface area contributed by atoms with Crippen molar-refractivity contribution in [3.05, 3.63) is 50.9 Å². The summed E-state index contributed by atoms with van der Waals surface area (Å²) in [5.74, 6) is 0.717. The van der Waals surface area contributed by atoms with Crippen molar-refractivity contribution < 1.29 is 0 Å². The van der Waals surface area contributed by atoms with Crippen LogP contribution in [-0.4, -0.2) is 11.0 Å². The fourth-order valence-electron chi connectivity index (χ4n) is 2.63. The number of aromatic nitrogens is 1. The van der Waals surface area contributed by atoms with Gasteiger partial charge in [0.15, 0.2) is 0 Å². The highest BCUT2D eigenvalue weighted by Gasteiger charge is 2.31. The molecule has 0 amide bonds. The molecule has 0 radical (unpaired) electrons. The standard InChI is InChI=1S/C15H17BrN2S/c1-10(15-17-6-7-19-15)18-14-8-12(9-14)11-2-4-13(16)5-3-11/h2-7,10,12,14,18H,8-9H2,1H3. The molecule has 0 aliphatic heterocycles. The molecule has 1 aromatic carbocycles. The van der Waals surface area contributed by atoms with Gasteiger partial charge in [0.1, 0.15) is 5.01 Å². The van der Waals surface area contributed by atoms with Crippen molar-refractivity contribution in [1.29, 1.82) is 0 Å². The predicted molar refractivity (Wildman–Crippen MR) is 83.6 cm³/mol. The van der Waals surface area contributed by atoms with E-state index in [9.17, 15) is 0 Å². The van der Waals surface area contributed by atoms with Crippen LogP contribution in [0.1, 0.15) is 42.3 Å². The first-order valence-electron chi connectivity index (χ1n) is 6.63. The lowest BCUT2D eigenvalue weighted by Gasteiger charge is -2.37. The van der Waals surface area contributed by atoms with E-state index in [2.05, 4.69) is 57.4 Å². The predicted octanol–water partition coefficient (Wildman–Crippen LogP) is 4.50. The van der Waals surface area contributed by atoms with E-state index in [1.165, 1.54) is 23.4 Å². The van der Waals surface area contributed by atoms with Crippen molar-refractivity contribution in [3.63, 3.8) is 0 Å². The van der Waals surface area contributed by atoms with Gasteiger partial charge in [0.05, 0.1) is 6.04 Å². The van der Waals surface area contributed by atoms with Crippen molar-refractivity contribution >= 4 is 27.3 Å². The van der Waals surface area contributed by atoms with E-state index in [0.29, 0.717) is 18.0 Å². The summed E-state index contributed by atoms with van der Waals surface area (Å²) in [5.41, 5.74) is 1.46. The van der Waals surface area contributed by atoms with Gasteiger partial charge in [0.2, 0.25) is 0 Å². The Morgan fingerprint density at radius 3 is 2.68 bits per heavy atom. The Labute approximate surface area is 126 Å². The molecule has 1 aromatic heterocycles. The third-order valence-corrected chi connectivity index (χ3v) is 5.27. The first-order chi connectivity index (χ1) is 9.22. The Morgan fingerprint density at radius 2 is 2.05 bits per heavy atom. The lowest BCUT2D eigenvalue weighted by molar-refractivity contribution is 0.270. The van der Waals surface area contributed by atoms with Crippen LogP contribution in [0.5, 0.6) is 0 Å². The summed E-state index contributed by atoms with van der Waals surface area (Å²) in [4.78, 5) is 4.37. The van der Waals surface area contributed by atoms with Crippen LogP contribution in [0.25, 0.3) is 0 Å². The van der Waals surface area contributed by atoms with Gasteiger partial charge in [-0.15, -0.1) is 11.3 Å². The second-order valence-corrected chi connectivity index (χ2v) is 7.02. The van der Waals surface area contributed by atoms with Crippen molar-refractivity contribution in [1.82, 2.24) is 10.3 Å². The van der Waals surface area contributed by atoms with Crippen LogP contribution in [0.3, 0.4) is 0 Å². The second-order valence-electron chi connectivity index (χ2n) is 5.18. The van der Waals surface area contributed by atoms with Crippen LogP contribution in [0.4, 0.5) is 0 Å². The average molecular weight is 337 g/mol. The molecule has 0 bridgehead atoms. The summed E-state index contributed by atoms with van der Waals surface area (Å²) in [6, 6.07) is 9.73. The maximum absolute atomic E-state index is 4.37. The van der Waals surface area contributed by atoms with E-state index in [-0.39, 0.29) is 0 Å². The van der Waals surface area contributed by atoms with Crippen LogP contribution in [-0.2, 0) is 0 Å². The van der Waals surface area contributed by atoms with Crippen molar-refractivity contribution in [2.24, 2.45) is 0 Å². The molecule has 1 heterocycles. The number of halogens is 1. The Morgan fingerprint density at radius 1 is 1.32 bits per heavy atom. The number of nitrogens with zero attached hydrogens (tertiary/aromatic N) is 1. The van der Waals surface area contributed by atoms with Gasteiger partial charge in [-0.3, -0.25) is 0 Å². The number of nitrogens with one attached hydrogen (secondary N) is 1. The monoisotopic (exact) mass is 336 g/mol. The van der Waals surface area contributed by atoms with E-state index in [1.807, 2.05) is 11.6 Å². The molecule has 100 valence electrons. The Hall–Kier alpha value is -0.710. The number of thiazole rings is 1. The molecule has 2 aromatic rings. The maximum Gasteiger partial charge on any atom is 0.109 e. The van der Waals surface area contributed by atoms with E-state index in [4.69, 9.17) is 0 Å². The molecule has 1 aliphatic carbocycles. The zero-order valence-corrected chi connectivity index (χ0v) is 13.2. The SMILES string of the molecule is CC(NC1CC(c2ccc(Br)cc2)C1)c1nccs1. The Kier molecular flexibility index (Phi) is 4.01. The molecule has 3 rings (SSSR count). The van der Waals surface area contributed by atoms with Gasteiger partial charge in [-0.05, 0) is 43.4 Å². The fraction of sp³-hybridized carbons (Fsp3) is 0.400. The largest absolute Gasteiger partial charge is 0.305 e. The summed E-state index contributed by atoms with van der Waals surface area (Å²) in [5, 5.41) is 6.90. The van der Waals surface area contributed by atoms with Crippen molar-refractivity contribution in [3.8, 4) is 0 Å². The average Bonchev–Trinajstić information content (AvgIpc) is 2.88. The lowest BCUT2D eigenvalue weighted by atomic mass is 9.75. The quantitative estimate of drug-likeness (QED) is 0.888. The van der Waals surface area contributed by atoms with Gasteiger partial charge in [0, 0.05) is 22.1 Å². The van der Waals surface area contributed by atoms with Crippen molar-refractivity contribution in [2.75, 3.05) is 0 Å². The summed E-state index contributed by atoms with van der Waals surface area (Å²) < 4.78 is 1.16. The Balaban J connectivity index is 1.51. The minimum Gasteiger partial charge on any atom is -0.305 e. The highest BCUT2D eigenvalue weighted by molar-refractivity contribution is 9.10. The van der Waals surface area contributed by atoms with E-state index in [1.54, 1.807) is 11.3 Å². The zero-order chi connectivity index (χ0) is 13.2. The molecule has 1 N–H and O–H groups in total. The van der Waals surface area contributed by atoms with Gasteiger partial charge in [-0.25, -0.2) is 4.98 Å². The van der Waals surface area contributed by atoms with Crippen LogP contribution >= 0.6 is 27.3 Å². The number of hydrogen-bond acceptors (Lipinski definition) is 3. The number of benzene rings is 1. The molecule has 2 nitrogen and oxygen atoms in total. The van der Waals surface area contributed by atoms with Crippen LogP contribution in [0.15, 0.2) is 40.3 Å². The molecule has 1 fully saturated rings. The molecule has 0 spiro atoms. The van der Waals surface area contributed by atoms with E-state index in [0.717, 1.165) is 4.47 Å².